The number of anilines is 3. The molecule has 268 valence electrons. The standard InChI is InChI=1S/C54H37N3/c1-5-17-38(18-6-1)39-31-33-43(34-32-39)55(50-29-16-30-51-54(50)46-25-13-14-27-48(46)56(51)41-21-9-3-10-22-41)44-35-36-47-52(37-44)57(42-23-11-4-12-24-42)49-28-15-26-45(53(47)49)40-19-7-2-8-20-40/h1-37H. The summed E-state index contributed by atoms with van der Waals surface area (Å²) in [7, 11) is 0. The van der Waals surface area contributed by atoms with Crippen molar-refractivity contribution in [2.24, 2.45) is 0 Å². The van der Waals surface area contributed by atoms with E-state index in [1.807, 2.05) is 0 Å². The van der Waals surface area contributed by atoms with Crippen LogP contribution in [0.3, 0.4) is 0 Å². The van der Waals surface area contributed by atoms with Crippen molar-refractivity contribution in [2.75, 3.05) is 4.90 Å². The summed E-state index contributed by atoms with van der Waals surface area (Å²) in [6.45, 7) is 0. The summed E-state index contributed by atoms with van der Waals surface area (Å²) in [6, 6.07) is 81.1. The van der Waals surface area contributed by atoms with Gasteiger partial charge in [0.15, 0.2) is 0 Å². The third kappa shape index (κ3) is 5.43. The summed E-state index contributed by atoms with van der Waals surface area (Å²) in [4.78, 5) is 2.45. The van der Waals surface area contributed by atoms with Gasteiger partial charge in [-0.05, 0) is 95.1 Å². The molecule has 11 aromatic rings. The van der Waals surface area contributed by atoms with Gasteiger partial charge in [0.2, 0.25) is 0 Å². The highest BCUT2D eigenvalue weighted by Crippen LogP contribution is 2.46. The lowest BCUT2D eigenvalue weighted by Gasteiger charge is -2.27. The van der Waals surface area contributed by atoms with Crippen molar-refractivity contribution in [1.29, 1.82) is 0 Å². The lowest BCUT2D eigenvalue weighted by Crippen LogP contribution is -2.10. The average molecular weight is 728 g/mol. The molecule has 0 saturated carbocycles. The van der Waals surface area contributed by atoms with Crippen LogP contribution in [0.1, 0.15) is 0 Å². The maximum Gasteiger partial charge on any atom is 0.0562 e. The van der Waals surface area contributed by atoms with Gasteiger partial charge in [0.25, 0.3) is 0 Å². The Morgan fingerprint density at radius 2 is 0.789 bits per heavy atom. The first-order valence-electron chi connectivity index (χ1n) is 19.5. The number of rotatable bonds is 7. The number of benzene rings is 9. The molecular formula is C54H37N3. The Morgan fingerprint density at radius 1 is 0.298 bits per heavy atom. The molecule has 0 atom stereocenters. The van der Waals surface area contributed by atoms with Crippen LogP contribution in [0.2, 0.25) is 0 Å². The molecule has 0 aliphatic carbocycles. The lowest BCUT2D eigenvalue weighted by molar-refractivity contribution is 1.17. The number of para-hydroxylation sites is 3. The number of aromatic nitrogens is 2. The number of hydrogen-bond donors (Lipinski definition) is 0. The Kier molecular flexibility index (Phi) is 7.82. The summed E-state index contributed by atoms with van der Waals surface area (Å²) in [5, 5.41) is 4.89. The maximum atomic E-state index is 2.45. The quantitative estimate of drug-likeness (QED) is 0.159. The third-order valence-electron chi connectivity index (χ3n) is 11.3. The number of nitrogens with zero attached hydrogens (tertiary/aromatic N) is 3. The minimum absolute atomic E-state index is 1.08. The van der Waals surface area contributed by atoms with E-state index >= 15 is 0 Å². The Hall–Kier alpha value is -7.62. The molecule has 9 aromatic carbocycles. The molecule has 0 bridgehead atoms. The van der Waals surface area contributed by atoms with Crippen molar-refractivity contribution in [3.8, 4) is 33.6 Å². The fourth-order valence-corrected chi connectivity index (χ4v) is 8.81. The van der Waals surface area contributed by atoms with Crippen LogP contribution < -0.4 is 4.90 Å². The van der Waals surface area contributed by atoms with E-state index in [9.17, 15) is 0 Å². The van der Waals surface area contributed by atoms with Gasteiger partial charge in [-0.15, -0.1) is 0 Å². The highest BCUT2D eigenvalue weighted by molar-refractivity contribution is 6.18. The van der Waals surface area contributed by atoms with E-state index in [0.29, 0.717) is 0 Å². The average Bonchev–Trinajstić information content (AvgIpc) is 3.81. The largest absolute Gasteiger partial charge is 0.310 e. The summed E-state index contributed by atoms with van der Waals surface area (Å²) >= 11 is 0. The highest BCUT2D eigenvalue weighted by Gasteiger charge is 2.23. The maximum absolute atomic E-state index is 2.45. The molecule has 0 amide bonds. The van der Waals surface area contributed by atoms with Gasteiger partial charge in [0, 0.05) is 44.3 Å². The Morgan fingerprint density at radius 3 is 1.47 bits per heavy atom. The van der Waals surface area contributed by atoms with E-state index < -0.39 is 0 Å². The van der Waals surface area contributed by atoms with Gasteiger partial charge in [-0.3, -0.25) is 0 Å². The molecule has 11 rings (SSSR count). The van der Waals surface area contributed by atoms with Crippen molar-refractivity contribution in [1.82, 2.24) is 9.13 Å². The van der Waals surface area contributed by atoms with Crippen molar-refractivity contribution in [3.63, 3.8) is 0 Å². The fourth-order valence-electron chi connectivity index (χ4n) is 8.81. The zero-order valence-electron chi connectivity index (χ0n) is 31.2. The van der Waals surface area contributed by atoms with E-state index in [1.54, 1.807) is 0 Å². The van der Waals surface area contributed by atoms with Crippen LogP contribution in [0.25, 0.3) is 77.2 Å². The van der Waals surface area contributed by atoms with Crippen molar-refractivity contribution >= 4 is 60.7 Å². The molecular weight excluding hydrogens is 691 g/mol. The number of fused-ring (bicyclic) bond motifs is 6. The van der Waals surface area contributed by atoms with Crippen LogP contribution in [0, 0.1) is 0 Å². The molecule has 2 aromatic heterocycles. The zero-order valence-corrected chi connectivity index (χ0v) is 31.2. The Labute approximate surface area is 331 Å². The topological polar surface area (TPSA) is 13.1 Å². The van der Waals surface area contributed by atoms with Crippen LogP contribution in [0.4, 0.5) is 17.1 Å². The van der Waals surface area contributed by atoms with E-state index in [-0.39, 0.29) is 0 Å². The van der Waals surface area contributed by atoms with Crippen LogP contribution in [-0.4, -0.2) is 9.13 Å². The zero-order chi connectivity index (χ0) is 37.7. The molecule has 3 nitrogen and oxygen atoms in total. The molecule has 0 N–H and O–H groups in total. The van der Waals surface area contributed by atoms with Crippen LogP contribution in [0.5, 0.6) is 0 Å². The summed E-state index contributed by atoms with van der Waals surface area (Å²) in [6.07, 6.45) is 0. The molecule has 3 heteroatoms. The van der Waals surface area contributed by atoms with Gasteiger partial charge >= 0.3 is 0 Å². The monoisotopic (exact) mass is 727 g/mol. The predicted octanol–water partition coefficient (Wildman–Crippen LogP) is 14.7. The van der Waals surface area contributed by atoms with Gasteiger partial charge in [0.1, 0.15) is 0 Å². The normalized spacial score (nSPS) is 11.5. The molecule has 0 unspecified atom stereocenters. The summed E-state index contributed by atoms with van der Waals surface area (Å²) < 4.78 is 4.82. The second-order valence-corrected chi connectivity index (χ2v) is 14.5. The number of hydrogen-bond acceptors (Lipinski definition) is 1. The molecule has 0 radical (unpaired) electrons. The molecule has 0 saturated heterocycles. The third-order valence-corrected chi connectivity index (χ3v) is 11.3. The van der Waals surface area contributed by atoms with Crippen LogP contribution in [-0.2, 0) is 0 Å². The second kappa shape index (κ2) is 13.6. The van der Waals surface area contributed by atoms with Gasteiger partial charge in [0.05, 0.1) is 27.8 Å². The van der Waals surface area contributed by atoms with Crippen molar-refractivity contribution < 1.29 is 0 Å². The summed E-state index contributed by atoms with van der Waals surface area (Å²) in [5.74, 6) is 0. The van der Waals surface area contributed by atoms with E-state index in [1.165, 1.54) is 54.8 Å². The lowest BCUT2D eigenvalue weighted by atomic mass is 9.99. The second-order valence-electron chi connectivity index (χ2n) is 14.5. The minimum Gasteiger partial charge on any atom is -0.310 e. The van der Waals surface area contributed by atoms with Gasteiger partial charge in [-0.2, -0.15) is 0 Å². The molecule has 0 spiro atoms. The van der Waals surface area contributed by atoms with Crippen LogP contribution in [0.15, 0.2) is 224 Å². The first kappa shape index (κ1) is 32.8. The van der Waals surface area contributed by atoms with Crippen molar-refractivity contribution in [3.05, 3.63) is 224 Å². The Balaban J connectivity index is 1.21. The van der Waals surface area contributed by atoms with Crippen molar-refractivity contribution in [2.45, 2.75) is 0 Å². The van der Waals surface area contributed by atoms with E-state index in [2.05, 4.69) is 238 Å². The molecule has 0 aliphatic heterocycles. The molecule has 2 heterocycles. The highest BCUT2D eigenvalue weighted by atomic mass is 15.2. The van der Waals surface area contributed by atoms with E-state index in [0.717, 1.165) is 39.5 Å². The van der Waals surface area contributed by atoms with Gasteiger partial charge in [-0.25, -0.2) is 0 Å². The first-order valence-corrected chi connectivity index (χ1v) is 19.5. The minimum atomic E-state index is 1.08. The van der Waals surface area contributed by atoms with Crippen LogP contribution >= 0.6 is 0 Å². The van der Waals surface area contributed by atoms with Gasteiger partial charge < -0.3 is 14.0 Å². The Bertz CT molecular complexity index is 3200. The first-order chi connectivity index (χ1) is 28.3. The van der Waals surface area contributed by atoms with E-state index in [4.69, 9.17) is 0 Å². The molecule has 0 fully saturated rings. The predicted molar refractivity (Wildman–Crippen MR) is 241 cm³/mol. The summed E-state index contributed by atoms with van der Waals surface area (Å²) in [5.41, 5.74) is 15.1. The van der Waals surface area contributed by atoms with Gasteiger partial charge in [-0.1, -0.05) is 152 Å². The fraction of sp³-hybridized carbons (Fsp3) is 0. The smallest absolute Gasteiger partial charge is 0.0562 e. The SMILES string of the molecule is c1ccc(-c2ccc(N(c3ccc4c5c(-c6ccccc6)cccc5n(-c5ccccc5)c4c3)c3cccc4c3c3ccccc3n4-c3ccccc3)cc2)cc1. The molecule has 0 aliphatic rings. The molecule has 57 heavy (non-hydrogen) atoms.